The standard InChI is InChI=1S/C17H23NO3/c1-2-12(7-8-16(19)20)9-10-18-17(21)15-11-13-5-3-4-6-14(13)15/h3-6,12,15H,2,7-11H2,1H3,(H,18,21)(H,19,20). The Morgan fingerprint density at radius 2 is 2.10 bits per heavy atom. The molecule has 1 aliphatic carbocycles. The summed E-state index contributed by atoms with van der Waals surface area (Å²) in [7, 11) is 0. The molecule has 114 valence electrons. The van der Waals surface area contributed by atoms with E-state index in [1.54, 1.807) is 0 Å². The number of hydrogen-bond acceptors (Lipinski definition) is 2. The molecule has 1 amide bonds. The molecule has 1 aliphatic rings. The summed E-state index contributed by atoms with van der Waals surface area (Å²) in [6.45, 7) is 2.70. The van der Waals surface area contributed by atoms with E-state index in [4.69, 9.17) is 5.11 Å². The third-order valence-electron chi connectivity index (χ3n) is 4.37. The van der Waals surface area contributed by atoms with Gasteiger partial charge in [-0.1, -0.05) is 37.6 Å². The van der Waals surface area contributed by atoms with Gasteiger partial charge in [0.25, 0.3) is 0 Å². The van der Waals surface area contributed by atoms with Gasteiger partial charge in [0, 0.05) is 13.0 Å². The first kappa shape index (κ1) is 15.5. The number of amides is 1. The first-order valence-corrected chi connectivity index (χ1v) is 7.69. The number of fused-ring (bicyclic) bond motifs is 1. The van der Waals surface area contributed by atoms with Crippen LogP contribution in [0.5, 0.6) is 0 Å². The van der Waals surface area contributed by atoms with Crippen molar-refractivity contribution in [2.24, 2.45) is 5.92 Å². The van der Waals surface area contributed by atoms with E-state index in [1.165, 1.54) is 5.56 Å². The Kier molecular flexibility index (Phi) is 5.37. The SMILES string of the molecule is CCC(CCNC(=O)C1Cc2ccccc21)CCC(=O)O. The smallest absolute Gasteiger partial charge is 0.303 e. The van der Waals surface area contributed by atoms with Crippen LogP contribution in [0, 0.1) is 5.92 Å². The quantitative estimate of drug-likeness (QED) is 0.773. The predicted molar refractivity (Wildman–Crippen MR) is 81.2 cm³/mol. The molecule has 4 heteroatoms. The van der Waals surface area contributed by atoms with Crippen molar-refractivity contribution in [1.82, 2.24) is 5.32 Å². The lowest BCUT2D eigenvalue weighted by Crippen LogP contribution is -2.36. The van der Waals surface area contributed by atoms with Crippen molar-refractivity contribution in [2.45, 2.75) is 44.9 Å². The maximum atomic E-state index is 12.1. The third kappa shape index (κ3) is 4.06. The van der Waals surface area contributed by atoms with Crippen molar-refractivity contribution < 1.29 is 14.7 Å². The summed E-state index contributed by atoms with van der Waals surface area (Å²) < 4.78 is 0. The lowest BCUT2D eigenvalue weighted by atomic mass is 9.77. The molecule has 0 bridgehead atoms. The monoisotopic (exact) mass is 289 g/mol. The zero-order valence-electron chi connectivity index (χ0n) is 12.5. The van der Waals surface area contributed by atoms with Crippen molar-refractivity contribution in [3.8, 4) is 0 Å². The van der Waals surface area contributed by atoms with Crippen molar-refractivity contribution in [2.75, 3.05) is 6.54 Å². The number of carbonyl (C=O) groups excluding carboxylic acids is 1. The van der Waals surface area contributed by atoms with Crippen LogP contribution in [0.25, 0.3) is 0 Å². The Bertz CT molecular complexity index is 513. The van der Waals surface area contributed by atoms with E-state index >= 15 is 0 Å². The van der Waals surface area contributed by atoms with E-state index in [1.807, 2.05) is 18.2 Å². The number of benzene rings is 1. The van der Waals surface area contributed by atoms with E-state index in [0.29, 0.717) is 18.9 Å². The second kappa shape index (κ2) is 7.25. The van der Waals surface area contributed by atoms with Crippen molar-refractivity contribution in [1.29, 1.82) is 0 Å². The summed E-state index contributed by atoms with van der Waals surface area (Å²) in [6.07, 6.45) is 3.54. The zero-order chi connectivity index (χ0) is 15.2. The topological polar surface area (TPSA) is 66.4 Å². The van der Waals surface area contributed by atoms with E-state index in [9.17, 15) is 9.59 Å². The Hall–Kier alpha value is -1.84. The van der Waals surface area contributed by atoms with Gasteiger partial charge < -0.3 is 10.4 Å². The van der Waals surface area contributed by atoms with Crippen LogP contribution in [0.3, 0.4) is 0 Å². The normalized spacial score (nSPS) is 17.5. The number of rotatable bonds is 8. The van der Waals surface area contributed by atoms with Crippen LogP contribution in [-0.4, -0.2) is 23.5 Å². The van der Waals surface area contributed by atoms with E-state index < -0.39 is 5.97 Å². The van der Waals surface area contributed by atoms with Crippen LogP contribution in [0.15, 0.2) is 24.3 Å². The summed E-state index contributed by atoms with van der Waals surface area (Å²) in [5, 5.41) is 11.7. The number of aliphatic carboxylic acids is 1. The van der Waals surface area contributed by atoms with Gasteiger partial charge in [0.05, 0.1) is 5.92 Å². The number of nitrogens with one attached hydrogen (secondary N) is 1. The average molecular weight is 289 g/mol. The minimum atomic E-state index is -0.747. The molecule has 0 radical (unpaired) electrons. The summed E-state index contributed by atoms with van der Waals surface area (Å²) >= 11 is 0. The second-order valence-corrected chi connectivity index (χ2v) is 5.74. The predicted octanol–water partition coefficient (Wildman–Crippen LogP) is 2.72. The lowest BCUT2D eigenvalue weighted by Gasteiger charge is -2.29. The summed E-state index contributed by atoms with van der Waals surface area (Å²) in [5.74, 6) is -0.277. The van der Waals surface area contributed by atoms with Gasteiger partial charge in [-0.15, -0.1) is 0 Å². The largest absolute Gasteiger partial charge is 0.481 e. The first-order chi connectivity index (χ1) is 10.1. The van der Waals surface area contributed by atoms with Crippen LogP contribution in [-0.2, 0) is 16.0 Å². The van der Waals surface area contributed by atoms with Crippen LogP contribution in [0.2, 0.25) is 0 Å². The molecule has 2 unspecified atom stereocenters. The minimum Gasteiger partial charge on any atom is -0.481 e. The van der Waals surface area contributed by atoms with Crippen molar-refractivity contribution in [3.05, 3.63) is 35.4 Å². The maximum Gasteiger partial charge on any atom is 0.303 e. The molecule has 0 saturated heterocycles. The highest BCUT2D eigenvalue weighted by Crippen LogP contribution is 2.34. The molecule has 4 nitrogen and oxygen atoms in total. The number of carboxylic acid groups (broad SMARTS) is 1. The Morgan fingerprint density at radius 1 is 1.33 bits per heavy atom. The molecule has 1 aromatic carbocycles. The molecule has 0 heterocycles. The first-order valence-electron chi connectivity index (χ1n) is 7.69. The van der Waals surface area contributed by atoms with Crippen LogP contribution in [0.4, 0.5) is 0 Å². The summed E-state index contributed by atoms with van der Waals surface area (Å²) in [6, 6.07) is 8.06. The van der Waals surface area contributed by atoms with Gasteiger partial charge in [0.1, 0.15) is 0 Å². The minimum absolute atomic E-state index is 0.000274. The van der Waals surface area contributed by atoms with Gasteiger partial charge >= 0.3 is 5.97 Å². The van der Waals surface area contributed by atoms with E-state index in [0.717, 1.165) is 24.8 Å². The summed E-state index contributed by atoms with van der Waals surface area (Å²) in [5.41, 5.74) is 2.42. The molecule has 2 N–H and O–H groups in total. The molecular weight excluding hydrogens is 266 g/mol. The Morgan fingerprint density at radius 3 is 2.76 bits per heavy atom. The molecule has 2 rings (SSSR count). The lowest BCUT2D eigenvalue weighted by molar-refractivity contribution is -0.137. The second-order valence-electron chi connectivity index (χ2n) is 5.74. The van der Waals surface area contributed by atoms with Crippen molar-refractivity contribution in [3.63, 3.8) is 0 Å². The van der Waals surface area contributed by atoms with Gasteiger partial charge in [-0.2, -0.15) is 0 Å². The molecule has 0 aromatic heterocycles. The third-order valence-corrected chi connectivity index (χ3v) is 4.37. The highest BCUT2D eigenvalue weighted by Gasteiger charge is 2.31. The molecule has 0 saturated carbocycles. The molecular formula is C17H23NO3. The van der Waals surface area contributed by atoms with E-state index in [-0.39, 0.29) is 18.2 Å². The van der Waals surface area contributed by atoms with Gasteiger partial charge in [-0.3, -0.25) is 9.59 Å². The van der Waals surface area contributed by atoms with Gasteiger partial charge in [0.15, 0.2) is 0 Å². The maximum absolute atomic E-state index is 12.1. The molecule has 0 fully saturated rings. The Labute approximate surface area is 125 Å². The van der Waals surface area contributed by atoms with E-state index in [2.05, 4.69) is 18.3 Å². The summed E-state index contributed by atoms with van der Waals surface area (Å²) in [4.78, 5) is 22.7. The molecule has 0 spiro atoms. The average Bonchev–Trinajstić information content (AvgIpc) is 2.43. The fraction of sp³-hybridized carbons (Fsp3) is 0.529. The Balaban J connectivity index is 1.71. The fourth-order valence-electron chi connectivity index (χ4n) is 2.90. The van der Waals surface area contributed by atoms with Gasteiger partial charge in [0.2, 0.25) is 5.91 Å². The molecule has 21 heavy (non-hydrogen) atoms. The zero-order valence-corrected chi connectivity index (χ0v) is 12.5. The van der Waals surface area contributed by atoms with Crippen molar-refractivity contribution >= 4 is 11.9 Å². The van der Waals surface area contributed by atoms with Gasteiger partial charge in [-0.25, -0.2) is 0 Å². The number of carbonyl (C=O) groups is 2. The fourth-order valence-corrected chi connectivity index (χ4v) is 2.90. The highest BCUT2D eigenvalue weighted by atomic mass is 16.4. The number of hydrogen-bond donors (Lipinski definition) is 2. The molecule has 1 aromatic rings. The molecule has 2 atom stereocenters. The number of carboxylic acids is 1. The van der Waals surface area contributed by atoms with Crippen LogP contribution < -0.4 is 5.32 Å². The van der Waals surface area contributed by atoms with Crippen LogP contribution >= 0.6 is 0 Å². The molecule has 0 aliphatic heterocycles. The van der Waals surface area contributed by atoms with Gasteiger partial charge in [-0.05, 0) is 36.3 Å². The highest BCUT2D eigenvalue weighted by molar-refractivity contribution is 5.86. The van der Waals surface area contributed by atoms with Crippen LogP contribution in [0.1, 0.15) is 49.7 Å².